The highest BCUT2D eigenvalue weighted by Gasteiger charge is 2.07. The number of carbonyl (C=O) groups is 1. The molecule has 0 unspecified atom stereocenters. The minimum atomic E-state index is -0.252. The van der Waals surface area contributed by atoms with E-state index in [1.54, 1.807) is 7.11 Å². The van der Waals surface area contributed by atoms with Gasteiger partial charge in [-0.2, -0.15) is 0 Å². The number of anilines is 2. The van der Waals surface area contributed by atoms with Crippen molar-refractivity contribution in [2.24, 2.45) is 0 Å². The lowest BCUT2D eigenvalue weighted by Gasteiger charge is -2.09. The van der Waals surface area contributed by atoms with Gasteiger partial charge in [-0.3, -0.25) is 4.79 Å². The number of hydrogen-bond acceptors (Lipinski definition) is 6. The molecule has 0 atom stereocenters. The van der Waals surface area contributed by atoms with E-state index < -0.39 is 0 Å². The summed E-state index contributed by atoms with van der Waals surface area (Å²) in [5.74, 6) is 1.82. The average Bonchev–Trinajstić information content (AvgIpc) is 2.74. The molecule has 0 spiro atoms. The van der Waals surface area contributed by atoms with E-state index in [-0.39, 0.29) is 11.6 Å². The van der Waals surface area contributed by atoms with Crippen LogP contribution in [0, 0.1) is 0 Å². The fourth-order valence-corrected chi connectivity index (χ4v) is 2.40. The Labute approximate surface area is 163 Å². The summed E-state index contributed by atoms with van der Waals surface area (Å²) in [6, 6.07) is 17.1. The van der Waals surface area contributed by atoms with Gasteiger partial charge in [0.25, 0.3) is 5.91 Å². The average molecular weight is 378 g/mol. The molecule has 7 nitrogen and oxygen atoms in total. The Balaban J connectivity index is 1.53. The molecule has 0 saturated carbocycles. The van der Waals surface area contributed by atoms with Crippen LogP contribution in [0.25, 0.3) is 0 Å². The number of aromatic nitrogens is 2. The predicted octanol–water partition coefficient (Wildman–Crippen LogP) is 3.78. The van der Waals surface area contributed by atoms with Gasteiger partial charge in [0.2, 0.25) is 0 Å². The second kappa shape index (κ2) is 10.0. The molecule has 0 bridgehead atoms. The van der Waals surface area contributed by atoms with Crippen LogP contribution in [-0.2, 0) is 4.74 Å². The Morgan fingerprint density at radius 1 is 0.964 bits per heavy atom. The molecule has 7 heteroatoms. The quantitative estimate of drug-likeness (QED) is 0.551. The molecule has 2 N–H and O–H groups in total. The minimum Gasteiger partial charge on any atom is -0.457 e. The summed E-state index contributed by atoms with van der Waals surface area (Å²) in [6.07, 6.45) is 3.72. The van der Waals surface area contributed by atoms with Crippen LogP contribution >= 0.6 is 0 Å². The minimum absolute atomic E-state index is 0.252. The summed E-state index contributed by atoms with van der Waals surface area (Å²) in [5, 5.41) is 5.92. The Hall–Kier alpha value is -3.45. The van der Waals surface area contributed by atoms with E-state index in [9.17, 15) is 4.79 Å². The zero-order chi connectivity index (χ0) is 19.6. The summed E-state index contributed by atoms with van der Waals surface area (Å²) in [7, 11) is 1.63. The molecule has 0 saturated heterocycles. The first kappa shape index (κ1) is 19.3. The molecule has 2 aromatic carbocycles. The van der Waals surface area contributed by atoms with Crippen LogP contribution in [0.1, 0.15) is 16.9 Å². The van der Waals surface area contributed by atoms with E-state index in [1.165, 1.54) is 12.4 Å². The third-order valence-electron chi connectivity index (χ3n) is 3.80. The third-order valence-corrected chi connectivity index (χ3v) is 3.80. The summed E-state index contributed by atoms with van der Waals surface area (Å²) in [6.45, 7) is 1.13. The molecule has 144 valence electrons. The van der Waals surface area contributed by atoms with E-state index in [0.29, 0.717) is 19.0 Å². The molecule has 0 aliphatic carbocycles. The monoisotopic (exact) mass is 378 g/mol. The van der Waals surface area contributed by atoms with Crippen molar-refractivity contribution in [3.63, 3.8) is 0 Å². The van der Waals surface area contributed by atoms with Gasteiger partial charge in [0.15, 0.2) is 0 Å². The van der Waals surface area contributed by atoms with Crippen LogP contribution in [0.4, 0.5) is 11.5 Å². The predicted molar refractivity (Wildman–Crippen MR) is 107 cm³/mol. The zero-order valence-electron chi connectivity index (χ0n) is 15.6. The second-order valence-electron chi connectivity index (χ2n) is 5.95. The molecule has 0 aliphatic rings. The lowest BCUT2D eigenvalue weighted by atomic mass is 10.3. The number of rotatable bonds is 9. The first-order chi connectivity index (χ1) is 13.7. The van der Waals surface area contributed by atoms with Crippen LogP contribution in [0.3, 0.4) is 0 Å². The number of nitrogens with zero attached hydrogens (tertiary/aromatic N) is 2. The van der Waals surface area contributed by atoms with E-state index in [4.69, 9.17) is 9.47 Å². The van der Waals surface area contributed by atoms with Crippen molar-refractivity contribution in [2.45, 2.75) is 6.42 Å². The first-order valence-corrected chi connectivity index (χ1v) is 8.94. The molecule has 0 fully saturated rings. The van der Waals surface area contributed by atoms with Crippen LogP contribution in [0.2, 0.25) is 0 Å². The first-order valence-electron chi connectivity index (χ1n) is 8.94. The van der Waals surface area contributed by atoms with Crippen molar-refractivity contribution in [1.82, 2.24) is 15.3 Å². The number of benzene rings is 2. The molecule has 1 aromatic heterocycles. The highest BCUT2D eigenvalue weighted by molar-refractivity contribution is 5.92. The number of para-hydroxylation sites is 1. The highest BCUT2D eigenvalue weighted by atomic mass is 16.5. The van der Waals surface area contributed by atoms with Gasteiger partial charge in [0, 0.05) is 25.9 Å². The van der Waals surface area contributed by atoms with Gasteiger partial charge in [-0.05, 0) is 42.8 Å². The van der Waals surface area contributed by atoms with Gasteiger partial charge in [-0.25, -0.2) is 9.97 Å². The summed E-state index contributed by atoms with van der Waals surface area (Å²) >= 11 is 0. The lowest BCUT2D eigenvalue weighted by molar-refractivity contribution is 0.0943. The Bertz CT molecular complexity index is 868. The van der Waals surface area contributed by atoms with Crippen LogP contribution in [0.5, 0.6) is 11.5 Å². The van der Waals surface area contributed by atoms with Crippen molar-refractivity contribution < 1.29 is 14.3 Å². The van der Waals surface area contributed by atoms with Gasteiger partial charge in [-0.1, -0.05) is 18.2 Å². The van der Waals surface area contributed by atoms with E-state index in [1.807, 2.05) is 54.6 Å². The highest BCUT2D eigenvalue weighted by Crippen LogP contribution is 2.23. The van der Waals surface area contributed by atoms with Crippen molar-refractivity contribution in [3.8, 4) is 11.5 Å². The molecular formula is C21H22N4O3. The molecule has 3 aromatic rings. The van der Waals surface area contributed by atoms with E-state index in [2.05, 4.69) is 20.6 Å². The third kappa shape index (κ3) is 5.78. The smallest absolute Gasteiger partial charge is 0.271 e. The number of methoxy groups -OCH3 is 1. The summed E-state index contributed by atoms with van der Waals surface area (Å²) in [4.78, 5) is 20.4. The van der Waals surface area contributed by atoms with Crippen LogP contribution in [0.15, 0.2) is 67.0 Å². The van der Waals surface area contributed by atoms with E-state index in [0.717, 1.165) is 23.6 Å². The van der Waals surface area contributed by atoms with Gasteiger partial charge in [0.05, 0.1) is 12.4 Å². The fraction of sp³-hybridized carbons (Fsp3) is 0.190. The molecule has 3 rings (SSSR count). The Morgan fingerprint density at radius 3 is 2.39 bits per heavy atom. The number of amides is 1. The lowest BCUT2D eigenvalue weighted by Crippen LogP contribution is -2.26. The van der Waals surface area contributed by atoms with Crippen molar-refractivity contribution in [2.75, 3.05) is 25.6 Å². The normalized spacial score (nSPS) is 10.3. The van der Waals surface area contributed by atoms with Crippen molar-refractivity contribution >= 4 is 17.4 Å². The number of nitrogens with one attached hydrogen (secondary N) is 2. The fourth-order valence-electron chi connectivity index (χ4n) is 2.40. The zero-order valence-corrected chi connectivity index (χ0v) is 15.6. The topological polar surface area (TPSA) is 85.4 Å². The molecule has 0 aliphatic heterocycles. The standard InChI is InChI=1S/C21H22N4O3/c1-27-13-5-12-22-21(26)19-14-24-20(15-23-19)25-16-8-10-18(11-9-16)28-17-6-3-2-4-7-17/h2-4,6-11,14-15H,5,12-13H2,1H3,(H,22,26)(H,24,25). The molecular weight excluding hydrogens is 356 g/mol. The van der Waals surface area contributed by atoms with Crippen LogP contribution < -0.4 is 15.4 Å². The molecule has 0 radical (unpaired) electrons. The largest absolute Gasteiger partial charge is 0.457 e. The van der Waals surface area contributed by atoms with Gasteiger partial charge >= 0.3 is 0 Å². The summed E-state index contributed by atoms with van der Waals surface area (Å²) in [5.41, 5.74) is 1.11. The summed E-state index contributed by atoms with van der Waals surface area (Å²) < 4.78 is 10.7. The molecule has 1 heterocycles. The van der Waals surface area contributed by atoms with Gasteiger partial charge in [0.1, 0.15) is 23.0 Å². The number of carbonyl (C=O) groups excluding carboxylic acids is 1. The Kier molecular flexibility index (Phi) is 6.92. The van der Waals surface area contributed by atoms with Gasteiger partial charge in [-0.15, -0.1) is 0 Å². The van der Waals surface area contributed by atoms with Crippen molar-refractivity contribution in [3.05, 3.63) is 72.7 Å². The second-order valence-corrected chi connectivity index (χ2v) is 5.95. The molecule has 28 heavy (non-hydrogen) atoms. The van der Waals surface area contributed by atoms with Crippen molar-refractivity contribution in [1.29, 1.82) is 0 Å². The van der Waals surface area contributed by atoms with Crippen LogP contribution in [-0.4, -0.2) is 36.1 Å². The van der Waals surface area contributed by atoms with Gasteiger partial charge < -0.3 is 20.1 Å². The maximum atomic E-state index is 12.0. The number of hydrogen-bond donors (Lipinski definition) is 2. The maximum absolute atomic E-state index is 12.0. The Morgan fingerprint density at radius 2 is 1.71 bits per heavy atom. The molecule has 1 amide bonds. The SMILES string of the molecule is COCCCNC(=O)c1cnc(Nc2ccc(Oc3ccccc3)cc2)cn1. The van der Waals surface area contributed by atoms with E-state index >= 15 is 0 Å². The maximum Gasteiger partial charge on any atom is 0.271 e. The number of ether oxygens (including phenoxy) is 2.